The number of halogens is 2. The highest BCUT2D eigenvalue weighted by Gasteiger charge is 2.34. The zero-order valence-corrected chi connectivity index (χ0v) is 11.6. The molecule has 1 saturated heterocycles. The first-order chi connectivity index (χ1) is 10.6. The Balaban J connectivity index is 1.91. The van der Waals surface area contributed by atoms with Crippen molar-refractivity contribution in [2.45, 2.75) is 13.0 Å². The van der Waals surface area contributed by atoms with E-state index in [1.807, 2.05) is 0 Å². The highest BCUT2D eigenvalue weighted by molar-refractivity contribution is 5.92. The van der Waals surface area contributed by atoms with Gasteiger partial charge in [0.25, 0.3) is 11.8 Å². The van der Waals surface area contributed by atoms with Gasteiger partial charge in [-0.15, -0.1) is 0 Å². The van der Waals surface area contributed by atoms with Gasteiger partial charge < -0.3 is 14.2 Å². The van der Waals surface area contributed by atoms with Gasteiger partial charge in [-0.25, -0.2) is 13.8 Å². The molecule has 1 aliphatic heterocycles. The number of amides is 1. The lowest BCUT2D eigenvalue weighted by atomic mass is 10.2. The summed E-state index contributed by atoms with van der Waals surface area (Å²) in [6.07, 6.45) is 0.794. The number of hydrogen-bond donors (Lipinski definition) is 0. The standard InChI is InChI=1S/C13H12F2N4O3/c1-7-17-12(22-18-7)10-6-21-3-2-19(10)13(20)11-9(15)4-8(14)5-16-11/h4-5,10H,2-3,6H2,1H3. The van der Waals surface area contributed by atoms with Crippen molar-refractivity contribution in [1.29, 1.82) is 0 Å². The number of pyridine rings is 1. The molecule has 3 heterocycles. The van der Waals surface area contributed by atoms with Crippen LogP contribution >= 0.6 is 0 Å². The molecule has 116 valence electrons. The second-order valence-corrected chi connectivity index (χ2v) is 4.75. The lowest BCUT2D eigenvalue weighted by molar-refractivity contribution is -0.0124. The van der Waals surface area contributed by atoms with Crippen LogP contribution in [0.2, 0.25) is 0 Å². The van der Waals surface area contributed by atoms with Crippen LogP contribution in [0.1, 0.15) is 28.2 Å². The molecule has 9 heteroatoms. The van der Waals surface area contributed by atoms with Crippen molar-refractivity contribution in [2.75, 3.05) is 19.8 Å². The van der Waals surface area contributed by atoms with Crippen LogP contribution in [0, 0.1) is 18.6 Å². The molecule has 7 nitrogen and oxygen atoms in total. The van der Waals surface area contributed by atoms with Gasteiger partial charge in [-0.05, 0) is 6.92 Å². The van der Waals surface area contributed by atoms with Crippen molar-refractivity contribution < 1.29 is 22.8 Å². The van der Waals surface area contributed by atoms with E-state index >= 15 is 0 Å². The number of hydrogen-bond acceptors (Lipinski definition) is 6. The van der Waals surface area contributed by atoms with Crippen LogP contribution in [0.15, 0.2) is 16.8 Å². The Hall–Kier alpha value is -2.42. The van der Waals surface area contributed by atoms with Crippen molar-refractivity contribution in [1.82, 2.24) is 20.0 Å². The van der Waals surface area contributed by atoms with Crippen LogP contribution in [0.25, 0.3) is 0 Å². The molecule has 0 spiro atoms. The average molecular weight is 310 g/mol. The molecule has 1 unspecified atom stereocenters. The number of morpholine rings is 1. The first kappa shape index (κ1) is 14.5. The molecule has 1 aliphatic rings. The molecule has 0 aliphatic carbocycles. The number of ether oxygens (including phenoxy) is 1. The molecule has 0 bridgehead atoms. The van der Waals surface area contributed by atoms with E-state index in [4.69, 9.17) is 9.26 Å². The second kappa shape index (κ2) is 5.76. The first-order valence-electron chi connectivity index (χ1n) is 6.56. The predicted molar refractivity (Wildman–Crippen MR) is 67.8 cm³/mol. The van der Waals surface area contributed by atoms with Gasteiger partial charge in [-0.1, -0.05) is 5.16 Å². The topological polar surface area (TPSA) is 81.4 Å². The lowest BCUT2D eigenvalue weighted by Gasteiger charge is -2.33. The van der Waals surface area contributed by atoms with Crippen LogP contribution in [0.3, 0.4) is 0 Å². The fourth-order valence-electron chi connectivity index (χ4n) is 2.21. The van der Waals surface area contributed by atoms with Gasteiger partial charge in [0.15, 0.2) is 17.3 Å². The molecule has 2 aromatic rings. The van der Waals surface area contributed by atoms with E-state index in [1.54, 1.807) is 6.92 Å². The number of carbonyl (C=O) groups excluding carboxylic acids is 1. The summed E-state index contributed by atoms with van der Waals surface area (Å²) >= 11 is 0. The van der Waals surface area contributed by atoms with E-state index in [1.165, 1.54) is 4.90 Å². The Bertz CT molecular complexity index is 706. The fraction of sp³-hybridized carbons (Fsp3) is 0.385. The highest BCUT2D eigenvalue weighted by Crippen LogP contribution is 2.25. The Morgan fingerprint density at radius 2 is 2.27 bits per heavy atom. The zero-order chi connectivity index (χ0) is 15.7. The van der Waals surface area contributed by atoms with Crippen molar-refractivity contribution in [3.8, 4) is 0 Å². The SMILES string of the molecule is Cc1noc(C2COCCN2C(=O)c2ncc(F)cc2F)n1. The van der Waals surface area contributed by atoms with Gasteiger partial charge in [-0.3, -0.25) is 4.79 Å². The maximum Gasteiger partial charge on any atom is 0.276 e. The molecule has 0 radical (unpaired) electrons. The third-order valence-electron chi connectivity index (χ3n) is 3.23. The Kier molecular flexibility index (Phi) is 3.80. The molecule has 0 aromatic carbocycles. The summed E-state index contributed by atoms with van der Waals surface area (Å²) in [4.78, 5) is 21.4. The smallest absolute Gasteiger partial charge is 0.276 e. The van der Waals surface area contributed by atoms with E-state index in [0.717, 1.165) is 6.20 Å². The first-order valence-corrected chi connectivity index (χ1v) is 6.56. The van der Waals surface area contributed by atoms with Crippen LogP contribution in [0.5, 0.6) is 0 Å². The van der Waals surface area contributed by atoms with Crippen LogP contribution in [-0.2, 0) is 4.74 Å². The summed E-state index contributed by atoms with van der Waals surface area (Å²) in [7, 11) is 0. The minimum Gasteiger partial charge on any atom is -0.377 e. The van der Waals surface area contributed by atoms with Crippen LogP contribution in [0.4, 0.5) is 8.78 Å². The third kappa shape index (κ3) is 2.67. The highest BCUT2D eigenvalue weighted by atomic mass is 19.1. The monoisotopic (exact) mass is 310 g/mol. The molecule has 2 aromatic heterocycles. The van der Waals surface area contributed by atoms with Crippen LogP contribution < -0.4 is 0 Å². The van der Waals surface area contributed by atoms with E-state index in [0.29, 0.717) is 11.9 Å². The molecule has 0 N–H and O–H groups in total. The lowest BCUT2D eigenvalue weighted by Crippen LogP contribution is -2.44. The maximum atomic E-state index is 13.8. The van der Waals surface area contributed by atoms with Crippen molar-refractivity contribution in [3.63, 3.8) is 0 Å². The van der Waals surface area contributed by atoms with E-state index < -0.39 is 29.3 Å². The molecule has 1 amide bonds. The minimum absolute atomic E-state index is 0.149. The quantitative estimate of drug-likeness (QED) is 0.831. The van der Waals surface area contributed by atoms with E-state index in [-0.39, 0.29) is 25.6 Å². The van der Waals surface area contributed by atoms with Gasteiger partial charge in [0.2, 0.25) is 0 Å². The molecule has 3 rings (SSSR count). The molecule has 22 heavy (non-hydrogen) atoms. The van der Waals surface area contributed by atoms with Crippen molar-refractivity contribution >= 4 is 5.91 Å². The summed E-state index contributed by atoms with van der Waals surface area (Å²) in [6.45, 7) is 2.29. The number of carbonyl (C=O) groups is 1. The number of aromatic nitrogens is 3. The molecule has 1 atom stereocenters. The molecular formula is C13H12F2N4O3. The number of aryl methyl sites for hydroxylation is 1. The van der Waals surface area contributed by atoms with E-state index in [9.17, 15) is 13.6 Å². The van der Waals surface area contributed by atoms with Gasteiger partial charge in [0, 0.05) is 12.6 Å². The Morgan fingerprint density at radius 3 is 2.95 bits per heavy atom. The minimum atomic E-state index is -1.02. The van der Waals surface area contributed by atoms with Crippen LogP contribution in [-0.4, -0.2) is 45.7 Å². The molecule has 1 fully saturated rings. The van der Waals surface area contributed by atoms with Gasteiger partial charge in [0.1, 0.15) is 11.9 Å². The summed E-state index contributed by atoms with van der Waals surface area (Å²) in [5.74, 6) is -1.93. The summed E-state index contributed by atoms with van der Waals surface area (Å²) in [5, 5.41) is 3.67. The zero-order valence-electron chi connectivity index (χ0n) is 11.6. The fourth-order valence-corrected chi connectivity index (χ4v) is 2.21. The van der Waals surface area contributed by atoms with Crippen molar-refractivity contribution in [2.24, 2.45) is 0 Å². The summed E-state index contributed by atoms with van der Waals surface area (Å²) < 4.78 is 37.0. The third-order valence-corrected chi connectivity index (χ3v) is 3.23. The second-order valence-electron chi connectivity index (χ2n) is 4.75. The maximum absolute atomic E-state index is 13.8. The normalized spacial score (nSPS) is 18.5. The Morgan fingerprint density at radius 1 is 1.45 bits per heavy atom. The number of rotatable bonds is 2. The van der Waals surface area contributed by atoms with Crippen molar-refractivity contribution in [3.05, 3.63) is 41.3 Å². The van der Waals surface area contributed by atoms with Gasteiger partial charge in [0.05, 0.1) is 19.4 Å². The van der Waals surface area contributed by atoms with Gasteiger partial charge >= 0.3 is 0 Å². The average Bonchev–Trinajstić information content (AvgIpc) is 2.93. The van der Waals surface area contributed by atoms with Gasteiger partial charge in [-0.2, -0.15) is 4.98 Å². The molecular weight excluding hydrogens is 298 g/mol. The molecule has 0 saturated carbocycles. The Labute approximate surface area is 123 Å². The summed E-state index contributed by atoms with van der Waals surface area (Å²) in [5.41, 5.74) is -0.454. The summed E-state index contributed by atoms with van der Waals surface area (Å²) in [6, 6.07) is -0.0132. The predicted octanol–water partition coefficient (Wildman–Crippen LogP) is 1.26. The van der Waals surface area contributed by atoms with E-state index in [2.05, 4.69) is 15.1 Å². The largest absolute Gasteiger partial charge is 0.377 e. The number of nitrogens with zero attached hydrogens (tertiary/aromatic N) is 4.